The van der Waals surface area contributed by atoms with Gasteiger partial charge in [-0.1, -0.05) is 13.8 Å². The van der Waals surface area contributed by atoms with Crippen LogP contribution in [-0.2, 0) is 9.53 Å². The minimum Gasteiger partial charge on any atom is -0.497 e. The van der Waals surface area contributed by atoms with Crippen molar-refractivity contribution in [2.45, 2.75) is 33.6 Å². The van der Waals surface area contributed by atoms with E-state index in [-0.39, 0.29) is 17.9 Å². The van der Waals surface area contributed by atoms with E-state index in [1.165, 1.54) is 0 Å². The minimum atomic E-state index is -0.240. The van der Waals surface area contributed by atoms with Gasteiger partial charge in [-0.25, -0.2) is 0 Å². The molecular weight excluding hydrogens is 304 g/mol. The highest BCUT2D eigenvalue weighted by atomic mass is 16.5. The quantitative estimate of drug-likeness (QED) is 0.809. The molecule has 0 atom stereocenters. The number of ether oxygens (including phenoxy) is 2. The normalized spacial score (nSPS) is 18.0. The van der Waals surface area contributed by atoms with Crippen molar-refractivity contribution in [3.8, 4) is 5.75 Å². The molecule has 1 N–H and O–H groups in total. The van der Waals surface area contributed by atoms with E-state index in [0.717, 1.165) is 35.7 Å². The zero-order valence-electron chi connectivity index (χ0n) is 14.9. The van der Waals surface area contributed by atoms with Crippen molar-refractivity contribution in [2.24, 2.45) is 10.4 Å². The topological polar surface area (TPSA) is 59.9 Å². The fourth-order valence-corrected chi connectivity index (χ4v) is 2.78. The smallest absolute Gasteiger partial charge is 0.325 e. The van der Waals surface area contributed by atoms with Gasteiger partial charge in [-0.2, -0.15) is 0 Å². The van der Waals surface area contributed by atoms with E-state index in [1.807, 2.05) is 30.3 Å². The lowest BCUT2D eigenvalue weighted by Gasteiger charge is -2.31. The van der Waals surface area contributed by atoms with E-state index in [2.05, 4.69) is 19.2 Å². The molecule has 0 saturated heterocycles. The molecule has 0 bridgehead atoms. The Morgan fingerprint density at radius 2 is 1.96 bits per heavy atom. The first-order valence-electron chi connectivity index (χ1n) is 8.23. The number of esters is 1. The number of nitrogens with zero attached hydrogens (tertiary/aromatic N) is 1. The lowest BCUT2D eigenvalue weighted by atomic mass is 9.78. The van der Waals surface area contributed by atoms with Crippen LogP contribution in [0.5, 0.6) is 5.75 Å². The minimum absolute atomic E-state index is 0.0943. The van der Waals surface area contributed by atoms with Crippen LogP contribution >= 0.6 is 0 Å². The molecule has 1 aliphatic carbocycles. The number of hydrogen-bond acceptors (Lipinski definition) is 5. The summed E-state index contributed by atoms with van der Waals surface area (Å²) in [5.74, 6) is 0.575. The third kappa shape index (κ3) is 5.41. The van der Waals surface area contributed by atoms with Crippen molar-refractivity contribution in [3.05, 3.63) is 36.0 Å². The van der Waals surface area contributed by atoms with Gasteiger partial charge in [-0.15, -0.1) is 0 Å². The molecule has 0 saturated carbocycles. The molecule has 1 aromatic rings. The summed E-state index contributed by atoms with van der Waals surface area (Å²) in [5.41, 5.74) is 3.01. The Morgan fingerprint density at radius 3 is 2.58 bits per heavy atom. The molecule has 0 aliphatic heterocycles. The third-order valence-corrected chi connectivity index (χ3v) is 3.78. The van der Waals surface area contributed by atoms with Crippen LogP contribution in [0.2, 0.25) is 0 Å². The van der Waals surface area contributed by atoms with Gasteiger partial charge in [0.1, 0.15) is 12.3 Å². The molecule has 0 heterocycles. The van der Waals surface area contributed by atoms with Crippen LogP contribution in [0, 0.1) is 5.41 Å². The fraction of sp³-hybridized carbons (Fsp3) is 0.474. The van der Waals surface area contributed by atoms with Crippen LogP contribution in [0.15, 0.2) is 41.0 Å². The van der Waals surface area contributed by atoms with Gasteiger partial charge in [-0.3, -0.25) is 9.79 Å². The second kappa shape index (κ2) is 7.99. The van der Waals surface area contributed by atoms with Crippen LogP contribution in [0.25, 0.3) is 0 Å². The van der Waals surface area contributed by atoms with Crippen molar-refractivity contribution in [1.82, 2.24) is 5.32 Å². The van der Waals surface area contributed by atoms with Gasteiger partial charge in [0.05, 0.1) is 19.4 Å². The summed E-state index contributed by atoms with van der Waals surface area (Å²) in [6.07, 6.45) is 3.81. The predicted octanol–water partition coefficient (Wildman–Crippen LogP) is 3.62. The average molecular weight is 330 g/mol. The zero-order chi connectivity index (χ0) is 17.6. The second-order valence-electron chi connectivity index (χ2n) is 6.65. The molecule has 0 fully saturated rings. The lowest BCUT2D eigenvalue weighted by Crippen LogP contribution is -2.31. The lowest BCUT2D eigenvalue weighted by molar-refractivity contribution is -0.141. The van der Waals surface area contributed by atoms with Crippen LogP contribution in [0.3, 0.4) is 0 Å². The van der Waals surface area contributed by atoms with Crippen LogP contribution in [-0.4, -0.2) is 31.9 Å². The number of allylic oxidation sites excluding steroid dienone is 2. The SMILES string of the molecule is CCOC(=O)CNC1=C/C(=N/c2ccc(OC)cc2)CC(C)(C)C1. The summed E-state index contributed by atoms with van der Waals surface area (Å²) < 4.78 is 10.1. The number of carbonyl (C=O) groups is 1. The first-order valence-corrected chi connectivity index (χ1v) is 8.23. The number of benzene rings is 1. The van der Waals surface area contributed by atoms with E-state index in [9.17, 15) is 4.79 Å². The molecule has 0 aromatic heterocycles. The maximum Gasteiger partial charge on any atom is 0.325 e. The highest BCUT2D eigenvalue weighted by molar-refractivity contribution is 5.98. The first kappa shape index (κ1) is 18.0. The summed E-state index contributed by atoms with van der Waals surface area (Å²) in [7, 11) is 1.65. The molecule has 0 unspecified atom stereocenters. The first-order chi connectivity index (χ1) is 11.4. The Kier molecular flexibility index (Phi) is 6.01. The standard InChI is InChI=1S/C19H26N2O3/c1-5-24-18(22)13-20-15-10-16(12-19(2,3)11-15)21-14-6-8-17(23-4)9-7-14/h6-10,20H,5,11-13H2,1-4H3/b21-16-. The van der Waals surface area contributed by atoms with Gasteiger partial charge in [0.2, 0.25) is 0 Å². The maximum absolute atomic E-state index is 11.5. The van der Waals surface area contributed by atoms with Crippen molar-refractivity contribution in [2.75, 3.05) is 20.3 Å². The van der Waals surface area contributed by atoms with E-state index >= 15 is 0 Å². The summed E-state index contributed by atoms with van der Waals surface area (Å²) in [4.78, 5) is 16.3. The van der Waals surface area contributed by atoms with E-state index < -0.39 is 0 Å². The Morgan fingerprint density at radius 1 is 1.25 bits per heavy atom. The molecule has 5 nitrogen and oxygen atoms in total. The van der Waals surface area contributed by atoms with Crippen molar-refractivity contribution < 1.29 is 14.3 Å². The van der Waals surface area contributed by atoms with E-state index in [1.54, 1.807) is 14.0 Å². The molecule has 1 aromatic carbocycles. The molecule has 0 spiro atoms. The van der Waals surface area contributed by atoms with Gasteiger partial charge >= 0.3 is 5.97 Å². The number of methoxy groups -OCH3 is 1. The predicted molar refractivity (Wildman–Crippen MR) is 95.8 cm³/mol. The van der Waals surface area contributed by atoms with E-state index in [4.69, 9.17) is 14.5 Å². The van der Waals surface area contributed by atoms with Gasteiger partial charge in [0.15, 0.2) is 0 Å². The van der Waals surface area contributed by atoms with Crippen molar-refractivity contribution in [3.63, 3.8) is 0 Å². The number of rotatable bonds is 6. The number of hydrogen-bond donors (Lipinski definition) is 1. The largest absolute Gasteiger partial charge is 0.497 e. The summed E-state index contributed by atoms with van der Waals surface area (Å²) in [6.45, 7) is 6.80. The summed E-state index contributed by atoms with van der Waals surface area (Å²) in [5, 5.41) is 3.18. The number of carbonyl (C=O) groups excluding carboxylic acids is 1. The number of aliphatic imine (C=N–C) groups is 1. The van der Waals surface area contributed by atoms with Crippen LogP contribution < -0.4 is 10.1 Å². The molecule has 130 valence electrons. The van der Waals surface area contributed by atoms with Crippen molar-refractivity contribution in [1.29, 1.82) is 0 Å². The Balaban J connectivity index is 2.13. The monoisotopic (exact) mass is 330 g/mol. The summed E-state index contributed by atoms with van der Waals surface area (Å²) >= 11 is 0. The van der Waals surface area contributed by atoms with Gasteiger partial charge in [-0.05, 0) is 55.5 Å². The fourth-order valence-electron chi connectivity index (χ4n) is 2.78. The summed E-state index contributed by atoms with van der Waals surface area (Å²) in [6, 6.07) is 7.67. The molecule has 0 radical (unpaired) electrons. The third-order valence-electron chi connectivity index (χ3n) is 3.78. The highest BCUT2D eigenvalue weighted by Gasteiger charge is 2.26. The Labute approximate surface area is 143 Å². The Bertz CT molecular complexity index is 631. The molecule has 24 heavy (non-hydrogen) atoms. The van der Waals surface area contributed by atoms with Crippen LogP contribution in [0.1, 0.15) is 33.6 Å². The molecular formula is C19H26N2O3. The maximum atomic E-state index is 11.5. The van der Waals surface area contributed by atoms with Gasteiger partial charge in [0, 0.05) is 11.4 Å². The molecule has 0 amide bonds. The number of nitrogens with one attached hydrogen (secondary N) is 1. The van der Waals surface area contributed by atoms with Gasteiger partial charge < -0.3 is 14.8 Å². The molecule has 2 rings (SSSR count). The van der Waals surface area contributed by atoms with E-state index in [0.29, 0.717) is 6.61 Å². The van der Waals surface area contributed by atoms with Crippen LogP contribution in [0.4, 0.5) is 5.69 Å². The zero-order valence-corrected chi connectivity index (χ0v) is 14.9. The Hall–Kier alpha value is -2.30. The average Bonchev–Trinajstić information content (AvgIpc) is 2.52. The molecule has 5 heteroatoms. The van der Waals surface area contributed by atoms with Gasteiger partial charge in [0.25, 0.3) is 0 Å². The second-order valence-corrected chi connectivity index (χ2v) is 6.65. The highest BCUT2D eigenvalue weighted by Crippen LogP contribution is 2.34. The molecule has 1 aliphatic rings. The van der Waals surface area contributed by atoms with Crippen molar-refractivity contribution >= 4 is 17.4 Å².